The third-order valence-electron chi connectivity index (χ3n) is 4.22. The van der Waals surface area contributed by atoms with Crippen LogP contribution in [0.25, 0.3) is 0 Å². The highest BCUT2D eigenvalue weighted by atomic mass is 16.5. The molecule has 29 heavy (non-hydrogen) atoms. The van der Waals surface area contributed by atoms with E-state index in [1.165, 1.54) is 6.92 Å². The summed E-state index contributed by atoms with van der Waals surface area (Å²) in [4.78, 5) is 48.6. The fourth-order valence-corrected chi connectivity index (χ4v) is 2.50. The average Bonchev–Trinajstić information content (AvgIpc) is 2.63. The van der Waals surface area contributed by atoms with Crippen molar-refractivity contribution in [2.24, 2.45) is 11.7 Å². The van der Waals surface area contributed by atoms with Gasteiger partial charge in [0.1, 0.15) is 12.6 Å². The first-order chi connectivity index (χ1) is 13.4. The normalized spacial score (nSPS) is 13.1. The van der Waals surface area contributed by atoms with Crippen LogP contribution in [0.3, 0.4) is 0 Å². The zero-order valence-corrected chi connectivity index (χ0v) is 17.2. The summed E-state index contributed by atoms with van der Waals surface area (Å²) < 4.78 is 5.11. The van der Waals surface area contributed by atoms with E-state index in [2.05, 4.69) is 5.32 Å². The monoisotopic (exact) mass is 407 g/mol. The Hall–Kier alpha value is -3.10. The van der Waals surface area contributed by atoms with E-state index in [1.807, 2.05) is 6.07 Å². The van der Waals surface area contributed by atoms with Crippen LogP contribution in [0, 0.1) is 5.92 Å². The number of benzene rings is 1. The minimum Gasteiger partial charge on any atom is -0.465 e. The van der Waals surface area contributed by atoms with E-state index < -0.39 is 47.8 Å². The molecule has 9 heteroatoms. The second-order valence-corrected chi connectivity index (χ2v) is 7.78. The molecule has 3 amide bonds. The maximum Gasteiger partial charge on any atom is 0.407 e. The molecule has 0 aliphatic carbocycles. The summed E-state index contributed by atoms with van der Waals surface area (Å²) in [5, 5.41) is 11.7. The van der Waals surface area contributed by atoms with E-state index in [9.17, 15) is 24.3 Å². The highest BCUT2D eigenvalue weighted by molar-refractivity contribution is 5.90. The molecule has 0 heterocycles. The Morgan fingerprint density at radius 3 is 2.24 bits per heavy atom. The van der Waals surface area contributed by atoms with E-state index in [0.29, 0.717) is 0 Å². The number of nitrogens with two attached hydrogens (primary N) is 1. The van der Waals surface area contributed by atoms with E-state index in [-0.39, 0.29) is 13.2 Å². The second kappa shape index (κ2) is 10.4. The van der Waals surface area contributed by atoms with Crippen LogP contribution < -0.4 is 11.1 Å². The third-order valence-corrected chi connectivity index (χ3v) is 4.22. The summed E-state index contributed by atoms with van der Waals surface area (Å²) in [6, 6.07) is 7.75. The lowest BCUT2D eigenvalue weighted by Gasteiger charge is -2.34. The molecule has 2 atom stereocenters. The highest BCUT2D eigenvalue weighted by Crippen LogP contribution is 2.16. The standard InChI is InChI=1S/C20H29N3O6/c1-13(11-23(19(27)28)20(2,3)4)18(26)22-15(17(21)25)10-16(24)29-12-14-8-6-5-7-9-14/h5-9,13,15H,10-12H2,1-4H3,(H2,21,25)(H,22,26)(H,27,28)/t13-,15+/m1/s1. The smallest absolute Gasteiger partial charge is 0.407 e. The Morgan fingerprint density at radius 1 is 1.17 bits per heavy atom. The lowest BCUT2D eigenvalue weighted by Crippen LogP contribution is -2.52. The zero-order valence-electron chi connectivity index (χ0n) is 17.2. The van der Waals surface area contributed by atoms with Gasteiger partial charge in [-0.1, -0.05) is 37.3 Å². The fraction of sp³-hybridized carbons (Fsp3) is 0.500. The van der Waals surface area contributed by atoms with Crippen molar-refractivity contribution in [3.8, 4) is 0 Å². The summed E-state index contributed by atoms with van der Waals surface area (Å²) in [7, 11) is 0. The molecular weight excluding hydrogens is 378 g/mol. The first-order valence-corrected chi connectivity index (χ1v) is 9.21. The summed E-state index contributed by atoms with van der Waals surface area (Å²) in [5.41, 5.74) is 5.37. The van der Waals surface area contributed by atoms with E-state index >= 15 is 0 Å². The van der Waals surface area contributed by atoms with Gasteiger partial charge in [0.25, 0.3) is 0 Å². The number of primary amides is 1. The zero-order chi connectivity index (χ0) is 22.2. The van der Waals surface area contributed by atoms with Gasteiger partial charge in [-0.2, -0.15) is 0 Å². The van der Waals surface area contributed by atoms with Crippen molar-refractivity contribution < 1.29 is 29.0 Å². The SMILES string of the molecule is C[C@H](CN(C(=O)O)C(C)(C)C)C(=O)N[C@@H](CC(=O)OCc1ccccc1)C(N)=O. The molecule has 4 N–H and O–H groups in total. The van der Waals surface area contributed by atoms with Crippen molar-refractivity contribution in [2.45, 2.75) is 52.3 Å². The summed E-state index contributed by atoms with van der Waals surface area (Å²) in [5.74, 6) is -2.91. The molecule has 0 aromatic heterocycles. The molecule has 1 aromatic carbocycles. The van der Waals surface area contributed by atoms with E-state index in [4.69, 9.17) is 10.5 Å². The third kappa shape index (κ3) is 8.20. The molecule has 0 aliphatic rings. The number of ether oxygens (including phenoxy) is 1. The van der Waals surface area contributed by atoms with Crippen LogP contribution in [0.15, 0.2) is 30.3 Å². The van der Waals surface area contributed by atoms with Gasteiger partial charge in [0, 0.05) is 12.1 Å². The van der Waals surface area contributed by atoms with Crippen LogP contribution in [-0.2, 0) is 25.7 Å². The number of nitrogens with one attached hydrogen (secondary N) is 1. The Balaban J connectivity index is 2.65. The number of nitrogens with zero attached hydrogens (tertiary/aromatic N) is 1. The Morgan fingerprint density at radius 2 is 1.76 bits per heavy atom. The van der Waals surface area contributed by atoms with Gasteiger partial charge in [0.2, 0.25) is 11.8 Å². The highest BCUT2D eigenvalue weighted by Gasteiger charge is 2.31. The predicted molar refractivity (Wildman–Crippen MR) is 106 cm³/mol. The topological polar surface area (TPSA) is 139 Å². The summed E-state index contributed by atoms with van der Waals surface area (Å²) in [6.45, 7) is 6.62. The largest absolute Gasteiger partial charge is 0.465 e. The quantitative estimate of drug-likeness (QED) is 0.530. The molecule has 0 unspecified atom stereocenters. The molecular formula is C20H29N3O6. The first kappa shape index (κ1) is 23.9. The van der Waals surface area contributed by atoms with Crippen LogP contribution in [-0.4, -0.2) is 52.0 Å². The molecule has 0 saturated carbocycles. The molecule has 0 spiro atoms. The summed E-state index contributed by atoms with van der Waals surface area (Å²) >= 11 is 0. The second-order valence-electron chi connectivity index (χ2n) is 7.78. The number of esters is 1. The number of hydrogen-bond acceptors (Lipinski definition) is 5. The van der Waals surface area contributed by atoms with Gasteiger partial charge in [0.05, 0.1) is 12.3 Å². The van der Waals surface area contributed by atoms with Gasteiger partial charge in [-0.25, -0.2) is 4.79 Å². The molecule has 0 radical (unpaired) electrons. The molecule has 0 aliphatic heterocycles. The van der Waals surface area contributed by atoms with Crippen molar-refractivity contribution in [3.63, 3.8) is 0 Å². The number of carbonyl (C=O) groups is 4. The van der Waals surface area contributed by atoms with Gasteiger partial charge in [-0.3, -0.25) is 14.4 Å². The average molecular weight is 407 g/mol. The van der Waals surface area contributed by atoms with Gasteiger partial charge in [-0.05, 0) is 26.3 Å². The number of amides is 3. The molecule has 1 rings (SSSR count). The predicted octanol–water partition coefficient (Wildman–Crippen LogP) is 1.50. The number of rotatable bonds is 9. The van der Waals surface area contributed by atoms with Crippen LogP contribution in [0.5, 0.6) is 0 Å². The van der Waals surface area contributed by atoms with E-state index in [1.54, 1.807) is 45.0 Å². The molecule has 0 bridgehead atoms. The van der Waals surface area contributed by atoms with Gasteiger partial charge < -0.3 is 25.8 Å². The van der Waals surface area contributed by atoms with Gasteiger partial charge in [-0.15, -0.1) is 0 Å². The van der Waals surface area contributed by atoms with Crippen LogP contribution >= 0.6 is 0 Å². The molecule has 1 aromatic rings. The molecule has 160 valence electrons. The minimum atomic E-state index is -1.25. The Labute approximate surface area is 170 Å². The first-order valence-electron chi connectivity index (χ1n) is 9.21. The van der Waals surface area contributed by atoms with Crippen molar-refractivity contribution in [1.82, 2.24) is 10.2 Å². The fourth-order valence-electron chi connectivity index (χ4n) is 2.50. The maximum absolute atomic E-state index is 12.4. The molecule has 0 saturated heterocycles. The van der Waals surface area contributed by atoms with Crippen molar-refractivity contribution in [1.29, 1.82) is 0 Å². The van der Waals surface area contributed by atoms with Crippen LogP contribution in [0.1, 0.15) is 39.7 Å². The van der Waals surface area contributed by atoms with E-state index in [0.717, 1.165) is 10.5 Å². The number of carbonyl (C=O) groups excluding carboxylic acids is 3. The minimum absolute atomic E-state index is 0.0364. The van der Waals surface area contributed by atoms with Crippen LogP contribution in [0.2, 0.25) is 0 Å². The Bertz CT molecular complexity index is 729. The summed E-state index contributed by atoms with van der Waals surface area (Å²) in [6.07, 6.45) is -1.57. The van der Waals surface area contributed by atoms with Crippen molar-refractivity contribution in [2.75, 3.05) is 6.54 Å². The lowest BCUT2D eigenvalue weighted by molar-refractivity contribution is -0.147. The van der Waals surface area contributed by atoms with Crippen molar-refractivity contribution >= 4 is 23.9 Å². The van der Waals surface area contributed by atoms with Gasteiger partial charge in [0.15, 0.2) is 0 Å². The van der Waals surface area contributed by atoms with Gasteiger partial charge >= 0.3 is 12.1 Å². The number of hydrogen-bond donors (Lipinski definition) is 3. The molecule has 9 nitrogen and oxygen atoms in total. The molecule has 0 fully saturated rings. The number of carboxylic acid groups (broad SMARTS) is 1. The maximum atomic E-state index is 12.4. The Kier molecular flexibility index (Phi) is 8.62. The van der Waals surface area contributed by atoms with Crippen LogP contribution in [0.4, 0.5) is 4.79 Å². The van der Waals surface area contributed by atoms with Crippen molar-refractivity contribution in [3.05, 3.63) is 35.9 Å². The lowest BCUT2D eigenvalue weighted by atomic mass is 10.0.